The van der Waals surface area contributed by atoms with Crippen molar-refractivity contribution in [1.29, 1.82) is 0 Å². The minimum Gasteiger partial charge on any atom is -0.492 e. The minimum atomic E-state index is 0.482. The fraction of sp³-hybridized carbons (Fsp3) is 0.583. The fourth-order valence-electron chi connectivity index (χ4n) is 1.95. The molecule has 0 aromatic carbocycles. The summed E-state index contributed by atoms with van der Waals surface area (Å²) in [5.74, 6) is 0.803. The number of ether oxygens (including phenoxy) is 1. The van der Waals surface area contributed by atoms with Crippen LogP contribution >= 0.6 is 11.6 Å². The molecule has 2 rings (SSSR count). The van der Waals surface area contributed by atoms with E-state index in [0.29, 0.717) is 5.15 Å². The Morgan fingerprint density at radius 2 is 2.12 bits per heavy atom. The largest absolute Gasteiger partial charge is 0.492 e. The molecular weight excluding hydrogens is 224 g/mol. The van der Waals surface area contributed by atoms with Gasteiger partial charge in [-0.05, 0) is 32.0 Å². The van der Waals surface area contributed by atoms with Crippen LogP contribution in [0.3, 0.4) is 0 Å². The first kappa shape index (κ1) is 11.7. The van der Waals surface area contributed by atoms with Gasteiger partial charge in [0.2, 0.25) is 0 Å². The van der Waals surface area contributed by atoms with Crippen LogP contribution in [0.15, 0.2) is 18.3 Å². The number of halogens is 1. The smallest absolute Gasteiger partial charge is 0.132 e. The molecule has 0 atom stereocenters. The van der Waals surface area contributed by atoms with Gasteiger partial charge in [0.1, 0.15) is 17.5 Å². The lowest BCUT2D eigenvalue weighted by Gasteiger charge is -2.26. The molecule has 1 aliphatic rings. The van der Waals surface area contributed by atoms with Gasteiger partial charge in [0.05, 0.1) is 0 Å². The molecule has 1 aromatic heterocycles. The van der Waals surface area contributed by atoms with Crippen molar-refractivity contribution in [1.82, 2.24) is 9.88 Å². The highest BCUT2D eigenvalue weighted by Gasteiger charge is 2.09. The van der Waals surface area contributed by atoms with Gasteiger partial charge in [-0.3, -0.25) is 4.90 Å². The van der Waals surface area contributed by atoms with E-state index in [-0.39, 0.29) is 0 Å². The summed E-state index contributed by atoms with van der Waals surface area (Å²) in [7, 11) is 0. The summed E-state index contributed by atoms with van der Waals surface area (Å²) in [6, 6.07) is 3.58. The van der Waals surface area contributed by atoms with E-state index in [2.05, 4.69) is 9.88 Å². The van der Waals surface area contributed by atoms with Crippen LogP contribution in [0.5, 0.6) is 5.75 Å². The first-order valence-electron chi connectivity index (χ1n) is 5.81. The Morgan fingerprint density at radius 3 is 2.88 bits per heavy atom. The predicted molar refractivity (Wildman–Crippen MR) is 65.0 cm³/mol. The van der Waals surface area contributed by atoms with E-state index < -0.39 is 0 Å². The van der Waals surface area contributed by atoms with Gasteiger partial charge in [0, 0.05) is 18.8 Å². The van der Waals surface area contributed by atoms with Gasteiger partial charge in [0.15, 0.2) is 0 Å². The molecule has 0 N–H and O–H groups in total. The van der Waals surface area contributed by atoms with Gasteiger partial charge < -0.3 is 4.74 Å². The average Bonchev–Trinajstić information content (AvgIpc) is 2.30. The van der Waals surface area contributed by atoms with Crippen LogP contribution in [-0.4, -0.2) is 36.1 Å². The molecule has 0 amide bonds. The number of rotatable bonds is 4. The Kier molecular flexibility index (Phi) is 4.43. The fourth-order valence-corrected chi connectivity index (χ4v) is 2.11. The van der Waals surface area contributed by atoms with Crippen LogP contribution in [0.2, 0.25) is 5.15 Å². The molecule has 1 saturated heterocycles. The van der Waals surface area contributed by atoms with Crippen molar-refractivity contribution in [2.75, 3.05) is 26.2 Å². The number of aromatic nitrogens is 1. The van der Waals surface area contributed by atoms with Crippen LogP contribution in [0.4, 0.5) is 0 Å². The SMILES string of the molecule is Clc1cc(OCCN2CCCCC2)ccn1. The molecule has 2 heterocycles. The van der Waals surface area contributed by atoms with E-state index in [1.165, 1.54) is 32.4 Å². The molecule has 88 valence electrons. The highest BCUT2D eigenvalue weighted by molar-refractivity contribution is 6.29. The van der Waals surface area contributed by atoms with Crippen molar-refractivity contribution in [3.8, 4) is 5.75 Å². The van der Waals surface area contributed by atoms with E-state index in [9.17, 15) is 0 Å². The molecule has 0 radical (unpaired) electrons. The monoisotopic (exact) mass is 240 g/mol. The lowest BCUT2D eigenvalue weighted by molar-refractivity contribution is 0.183. The van der Waals surface area contributed by atoms with Crippen LogP contribution in [0.25, 0.3) is 0 Å². The number of nitrogens with zero attached hydrogens (tertiary/aromatic N) is 2. The van der Waals surface area contributed by atoms with Crippen molar-refractivity contribution in [3.63, 3.8) is 0 Å². The normalized spacial score (nSPS) is 17.3. The predicted octanol–water partition coefficient (Wildman–Crippen LogP) is 2.60. The summed E-state index contributed by atoms with van der Waals surface area (Å²) >= 11 is 5.77. The zero-order chi connectivity index (χ0) is 11.2. The zero-order valence-electron chi connectivity index (χ0n) is 9.36. The number of pyridine rings is 1. The number of hydrogen-bond acceptors (Lipinski definition) is 3. The van der Waals surface area contributed by atoms with Crippen molar-refractivity contribution < 1.29 is 4.74 Å². The lowest BCUT2D eigenvalue weighted by atomic mass is 10.1. The van der Waals surface area contributed by atoms with Gasteiger partial charge in [0.25, 0.3) is 0 Å². The van der Waals surface area contributed by atoms with Crippen molar-refractivity contribution in [2.45, 2.75) is 19.3 Å². The summed E-state index contributed by atoms with van der Waals surface area (Å²) in [6.07, 6.45) is 5.68. The van der Waals surface area contributed by atoms with Gasteiger partial charge in [-0.25, -0.2) is 4.98 Å². The maximum absolute atomic E-state index is 5.77. The second-order valence-corrected chi connectivity index (χ2v) is 4.45. The summed E-state index contributed by atoms with van der Waals surface area (Å²) < 4.78 is 5.62. The second kappa shape index (κ2) is 6.06. The Hall–Kier alpha value is -0.800. The van der Waals surface area contributed by atoms with Crippen LogP contribution in [0.1, 0.15) is 19.3 Å². The molecule has 0 bridgehead atoms. The lowest BCUT2D eigenvalue weighted by Crippen LogP contribution is -2.33. The molecular formula is C12H17ClN2O. The third kappa shape index (κ3) is 3.65. The van der Waals surface area contributed by atoms with Crippen molar-refractivity contribution in [2.24, 2.45) is 0 Å². The van der Waals surface area contributed by atoms with E-state index in [0.717, 1.165) is 18.9 Å². The van der Waals surface area contributed by atoms with Crippen LogP contribution in [0, 0.1) is 0 Å². The Balaban J connectivity index is 1.71. The standard InChI is InChI=1S/C12H17ClN2O/c13-12-10-11(4-5-14-12)16-9-8-15-6-2-1-3-7-15/h4-5,10H,1-3,6-9H2. The van der Waals surface area contributed by atoms with Gasteiger partial charge in [-0.1, -0.05) is 18.0 Å². The van der Waals surface area contributed by atoms with Crippen LogP contribution < -0.4 is 4.74 Å². The van der Waals surface area contributed by atoms with Crippen molar-refractivity contribution in [3.05, 3.63) is 23.5 Å². The third-order valence-corrected chi connectivity index (χ3v) is 3.03. The summed E-state index contributed by atoms with van der Waals surface area (Å²) in [6.45, 7) is 4.14. The molecule has 1 fully saturated rings. The molecule has 16 heavy (non-hydrogen) atoms. The molecule has 4 heteroatoms. The van der Waals surface area contributed by atoms with Gasteiger partial charge in [-0.15, -0.1) is 0 Å². The topological polar surface area (TPSA) is 25.4 Å². The van der Waals surface area contributed by atoms with Gasteiger partial charge in [-0.2, -0.15) is 0 Å². The van der Waals surface area contributed by atoms with E-state index in [1.807, 2.05) is 6.07 Å². The quantitative estimate of drug-likeness (QED) is 0.757. The number of likely N-dealkylation sites (tertiary alicyclic amines) is 1. The Bertz CT molecular complexity index is 327. The number of hydrogen-bond donors (Lipinski definition) is 0. The Morgan fingerprint density at radius 1 is 1.31 bits per heavy atom. The van der Waals surface area contributed by atoms with E-state index in [1.54, 1.807) is 12.3 Å². The molecule has 1 aliphatic heterocycles. The minimum absolute atomic E-state index is 0.482. The average molecular weight is 241 g/mol. The van der Waals surface area contributed by atoms with Crippen molar-refractivity contribution >= 4 is 11.6 Å². The molecule has 0 unspecified atom stereocenters. The van der Waals surface area contributed by atoms with Crippen LogP contribution in [-0.2, 0) is 0 Å². The first-order chi connectivity index (χ1) is 7.84. The maximum atomic E-state index is 5.77. The summed E-state index contributed by atoms with van der Waals surface area (Å²) in [5, 5.41) is 0.482. The molecule has 3 nitrogen and oxygen atoms in total. The zero-order valence-corrected chi connectivity index (χ0v) is 10.1. The molecule has 0 saturated carbocycles. The van der Waals surface area contributed by atoms with E-state index >= 15 is 0 Å². The maximum Gasteiger partial charge on any atom is 0.132 e. The van der Waals surface area contributed by atoms with Gasteiger partial charge >= 0.3 is 0 Å². The third-order valence-electron chi connectivity index (χ3n) is 2.82. The summed E-state index contributed by atoms with van der Waals surface area (Å²) in [5.41, 5.74) is 0. The number of piperidine rings is 1. The Labute approximate surface area is 101 Å². The molecule has 1 aromatic rings. The second-order valence-electron chi connectivity index (χ2n) is 4.07. The molecule has 0 spiro atoms. The highest BCUT2D eigenvalue weighted by atomic mass is 35.5. The van der Waals surface area contributed by atoms with E-state index in [4.69, 9.17) is 16.3 Å². The first-order valence-corrected chi connectivity index (χ1v) is 6.19. The summed E-state index contributed by atoms with van der Waals surface area (Å²) in [4.78, 5) is 6.36. The molecule has 0 aliphatic carbocycles. The highest BCUT2D eigenvalue weighted by Crippen LogP contribution is 2.14.